The number of ether oxygens (including phenoxy) is 1. The monoisotopic (exact) mass is 248 g/mol. The highest BCUT2D eigenvalue weighted by molar-refractivity contribution is 5.27. The van der Waals surface area contributed by atoms with E-state index in [9.17, 15) is 0 Å². The maximum Gasteiger partial charge on any atom is 0.119 e. The van der Waals surface area contributed by atoms with Gasteiger partial charge in [-0.05, 0) is 37.0 Å². The molecule has 1 aromatic rings. The van der Waals surface area contributed by atoms with E-state index in [1.807, 2.05) is 24.3 Å². The third kappa shape index (κ3) is 3.47. The van der Waals surface area contributed by atoms with Gasteiger partial charge in [-0.15, -0.1) is 0 Å². The molecule has 2 rings (SSSR count). The highest BCUT2D eigenvalue weighted by Gasteiger charge is 2.25. The number of benzene rings is 1. The molecule has 1 aliphatic heterocycles. The molecule has 2 atom stereocenters. The quantitative estimate of drug-likeness (QED) is 0.868. The van der Waals surface area contributed by atoms with Crippen LogP contribution in [0.15, 0.2) is 24.3 Å². The van der Waals surface area contributed by atoms with Crippen LogP contribution in [0, 0.1) is 5.92 Å². The lowest BCUT2D eigenvalue weighted by Crippen LogP contribution is -2.31. The summed E-state index contributed by atoms with van der Waals surface area (Å²) in [6.07, 6.45) is 1.31. The van der Waals surface area contributed by atoms with Gasteiger partial charge in [0.1, 0.15) is 12.4 Å². The lowest BCUT2D eigenvalue weighted by molar-refractivity contribution is 0.202. The first kappa shape index (κ1) is 13.4. The van der Waals surface area contributed by atoms with Gasteiger partial charge in [-0.3, -0.25) is 4.90 Å². The van der Waals surface area contributed by atoms with Gasteiger partial charge in [0.25, 0.3) is 0 Å². The van der Waals surface area contributed by atoms with Gasteiger partial charge in [-0.1, -0.05) is 19.1 Å². The molecular formula is C15H24N2O. The van der Waals surface area contributed by atoms with Gasteiger partial charge in [0.05, 0.1) is 0 Å². The minimum Gasteiger partial charge on any atom is -0.492 e. The SMILES string of the molecule is CC1CC(C)N(CCOc2ccc(CN)cc2)C1. The van der Waals surface area contributed by atoms with Crippen molar-refractivity contribution < 1.29 is 4.74 Å². The molecule has 3 nitrogen and oxygen atoms in total. The number of hydrogen-bond acceptors (Lipinski definition) is 3. The summed E-state index contributed by atoms with van der Waals surface area (Å²) in [6, 6.07) is 8.74. The van der Waals surface area contributed by atoms with Crippen molar-refractivity contribution in [1.82, 2.24) is 4.90 Å². The third-order valence-corrected chi connectivity index (χ3v) is 3.72. The van der Waals surface area contributed by atoms with Crippen molar-refractivity contribution in [1.29, 1.82) is 0 Å². The second kappa shape index (κ2) is 6.21. The first-order valence-corrected chi connectivity index (χ1v) is 6.85. The van der Waals surface area contributed by atoms with Crippen molar-refractivity contribution in [2.24, 2.45) is 11.7 Å². The molecule has 1 aromatic carbocycles. The van der Waals surface area contributed by atoms with Crippen LogP contribution in [0.5, 0.6) is 5.75 Å². The highest BCUT2D eigenvalue weighted by atomic mass is 16.5. The maximum absolute atomic E-state index is 5.77. The first-order chi connectivity index (χ1) is 8.69. The Morgan fingerprint density at radius 1 is 1.28 bits per heavy atom. The molecule has 0 spiro atoms. The minimum absolute atomic E-state index is 0.587. The molecule has 3 heteroatoms. The molecule has 100 valence electrons. The van der Waals surface area contributed by atoms with Crippen molar-refractivity contribution in [3.8, 4) is 5.75 Å². The predicted octanol–water partition coefficient (Wildman–Crippen LogP) is 2.25. The van der Waals surface area contributed by atoms with Gasteiger partial charge in [0, 0.05) is 25.7 Å². The van der Waals surface area contributed by atoms with Crippen molar-refractivity contribution in [2.75, 3.05) is 19.7 Å². The van der Waals surface area contributed by atoms with Crippen LogP contribution in [0.4, 0.5) is 0 Å². The third-order valence-electron chi connectivity index (χ3n) is 3.72. The van der Waals surface area contributed by atoms with E-state index in [0.29, 0.717) is 12.6 Å². The minimum atomic E-state index is 0.587. The van der Waals surface area contributed by atoms with E-state index in [1.165, 1.54) is 13.0 Å². The fourth-order valence-corrected chi connectivity index (χ4v) is 2.70. The fraction of sp³-hybridized carbons (Fsp3) is 0.600. The zero-order chi connectivity index (χ0) is 13.0. The second-order valence-corrected chi connectivity index (χ2v) is 5.38. The van der Waals surface area contributed by atoms with Crippen molar-refractivity contribution >= 4 is 0 Å². The average molecular weight is 248 g/mol. The number of nitrogens with zero attached hydrogens (tertiary/aromatic N) is 1. The van der Waals surface area contributed by atoms with Crippen molar-refractivity contribution in [2.45, 2.75) is 32.9 Å². The van der Waals surface area contributed by atoms with Gasteiger partial charge in [0.15, 0.2) is 0 Å². The first-order valence-electron chi connectivity index (χ1n) is 6.85. The van der Waals surface area contributed by atoms with E-state index in [4.69, 9.17) is 10.5 Å². The molecule has 2 unspecified atom stereocenters. The molecular weight excluding hydrogens is 224 g/mol. The Hall–Kier alpha value is -1.06. The molecule has 0 radical (unpaired) electrons. The van der Waals surface area contributed by atoms with Crippen molar-refractivity contribution in [3.63, 3.8) is 0 Å². The summed E-state index contributed by atoms with van der Waals surface area (Å²) in [5, 5.41) is 0. The fourth-order valence-electron chi connectivity index (χ4n) is 2.70. The van der Waals surface area contributed by atoms with E-state index in [0.717, 1.165) is 30.4 Å². The number of hydrogen-bond donors (Lipinski definition) is 1. The largest absolute Gasteiger partial charge is 0.492 e. The Bertz CT molecular complexity index is 363. The zero-order valence-electron chi connectivity index (χ0n) is 11.4. The van der Waals surface area contributed by atoms with E-state index in [2.05, 4.69) is 18.7 Å². The topological polar surface area (TPSA) is 38.5 Å². The number of likely N-dealkylation sites (tertiary alicyclic amines) is 1. The highest BCUT2D eigenvalue weighted by Crippen LogP contribution is 2.21. The van der Waals surface area contributed by atoms with Crippen LogP contribution in [0.3, 0.4) is 0 Å². The molecule has 0 aromatic heterocycles. The summed E-state index contributed by atoms with van der Waals surface area (Å²) in [5.74, 6) is 1.76. The van der Waals surface area contributed by atoms with Crippen LogP contribution >= 0.6 is 0 Å². The van der Waals surface area contributed by atoms with Gasteiger partial charge in [-0.25, -0.2) is 0 Å². The van der Waals surface area contributed by atoms with Crippen LogP contribution in [0.2, 0.25) is 0 Å². The lowest BCUT2D eigenvalue weighted by atomic mass is 10.1. The normalized spacial score (nSPS) is 24.4. The van der Waals surface area contributed by atoms with Gasteiger partial charge < -0.3 is 10.5 Å². The molecule has 1 saturated heterocycles. The van der Waals surface area contributed by atoms with Crippen LogP contribution in [-0.2, 0) is 6.54 Å². The predicted molar refractivity (Wildman–Crippen MR) is 74.6 cm³/mol. The van der Waals surface area contributed by atoms with Crippen LogP contribution in [-0.4, -0.2) is 30.6 Å². The second-order valence-electron chi connectivity index (χ2n) is 5.38. The summed E-state index contributed by atoms with van der Waals surface area (Å²) in [4.78, 5) is 2.51. The standard InChI is InChI=1S/C15H24N2O/c1-12-9-13(2)17(11-12)7-8-18-15-5-3-14(10-16)4-6-15/h3-6,12-13H,7-11,16H2,1-2H3. The van der Waals surface area contributed by atoms with E-state index in [1.54, 1.807) is 0 Å². The van der Waals surface area contributed by atoms with E-state index < -0.39 is 0 Å². The maximum atomic E-state index is 5.77. The van der Waals surface area contributed by atoms with Crippen molar-refractivity contribution in [3.05, 3.63) is 29.8 Å². The summed E-state index contributed by atoms with van der Waals surface area (Å²) < 4.78 is 5.77. The smallest absolute Gasteiger partial charge is 0.119 e. The Labute approximate surface area is 110 Å². The molecule has 0 saturated carbocycles. The Morgan fingerprint density at radius 3 is 2.56 bits per heavy atom. The molecule has 1 aliphatic rings. The van der Waals surface area contributed by atoms with Gasteiger partial charge in [0.2, 0.25) is 0 Å². The molecule has 1 heterocycles. The number of rotatable bonds is 5. The van der Waals surface area contributed by atoms with Crippen LogP contribution < -0.4 is 10.5 Å². The summed E-state index contributed by atoms with van der Waals surface area (Å²) >= 11 is 0. The van der Waals surface area contributed by atoms with Gasteiger partial charge in [-0.2, -0.15) is 0 Å². The van der Waals surface area contributed by atoms with Crippen LogP contribution in [0.25, 0.3) is 0 Å². The molecule has 1 fully saturated rings. The Balaban J connectivity index is 1.74. The molecule has 0 aliphatic carbocycles. The molecule has 0 amide bonds. The Morgan fingerprint density at radius 2 is 2.00 bits per heavy atom. The van der Waals surface area contributed by atoms with Gasteiger partial charge >= 0.3 is 0 Å². The van der Waals surface area contributed by atoms with E-state index in [-0.39, 0.29) is 0 Å². The van der Waals surface area contributed by atoms with Crippen LogP contribution in [0.1, 0.15) is 25.8 Å². The zero-order valence-corrected chi connectivity index (χ0v) is 11.4. The van der Waals surface area contributed by atoms with E-state index >= 15 is 0 Å². The Kier molecular flexibility index (Phi) is 4.61. The summed E-state index contributed by atoms with van der Waals surface area (Å²) in [6.45, 7) is 8.20. The molecule has 0 bridgehead atoms. The molecule has 2 N–H and O–H groups in total. The number of nitrogens with two attached hydrogens (primary N) is 1. The molecule has 18 heavy (non-hydrogen) atoms. The average Bonchev–Trinajstić information content (AvgIpc) is 2.69. The summed E-state index contributed by atoms with van der Waals surface area (Å²) in [5.41, 5.74) is 6.71. The summed E-state index contributed by atoms with van der Waals surface area (Å²) in [7, 11) is 0. The lowest BCUT2D eigenvalue weighted by Gasteiger charge is -2.20.